The van der Waals surface area contributed by atoms with Crippen LogP contribution in [-0.2, 0) is 10.0 Å². The fourth-order valence-electron chi connectivity index (χ4n) is 1.52. The van der Waals surface area contributed by atoms with Crippen LogP contribution in [-0.4, -0.2) is 8.42 Å². The van der Waals surface area contributed by atoms with Crippen molar-refractivity contribution in [1.82, 2.24) is 0 Å². The van der Waals surface area contributed by atoms with Crippen LogP contribution >= 0.6 is 0 Å². The molecule has 0 atom stereocenters. The van der Waals surface area contributed by atoms with E-state index in [-0.39, 0.29) is 0 Å². The zero-order chi connectivity index (χ0) is 15.5. The summed E-state index contributed by atoms with van der Waals surface area (Å²) in [5, 5.41) is 0.809. The Morgan fingerprint density at radius 1 is 0.905 bits per heavy atom. The fourth-order valence-corrected chi connectivity index (χ4v) is 2.39. The number of benzene rings is 2. The van der Waals surface area contributed by atoms with Crippen LogP contribution in [0.15, 0.2) is 47.9 Å². The number of anilines is 1. The van der Waals surface area contributed by atoms with Gasteiger partial charge in [-0.25, -0.2) is 21.6 Å². The van der Waals surface area contributed by atoms with Gasteiger partial charge in [0.25, 0.3) is 10.0 Å². The van der Waals surface area contributed by atoms with Crippen molar-refractivity contribution in [2.24, 2.45) is 0 Å². The Bertz CT molecular complexity index is 774. The van der Waals surface area contributed by atoms with Gasteiger partial charge in [0.1, 0.15) is 0 Å². The van der Waals surface area contributed by atoms with E-state index in [2.05, 4.69) is 0 Å². The second kappa shape index (κ2) is 6.01. The normalized spacial score (nSPS) is 11.8. The molecule has 0 saturated carbocycles. The van der Waals surface area contributed by atoms with Crippen molar-refractivity contribution in [3.8, 4) is 0 Å². The van der Waals surface area contributed by atoms with Gasteiger partial charge in [-0.3, -0.25) is 4.72 Å². The molecule has 2 aromatic carbocycles. The minimum absolute atomic E-state index is 0.619. The van der Waals surface area contributed by atoms with Crippen LogP contribution in [0.4, 0.5) is 18.9 Å². The SMILES string of the molecule is O=S(=O)(/C=C/c1ccccc1)Nc1ccc(F)c(F)c1F. The second-order valence-electron chi connectivity index (χ2n) is 4.08. The summed E-state index contributed by atoms with van der Waals surface area (Å²) in [6.07, 6.45) is 1.29. The number of hydrogen-bond acceptors (Lipinski definition) is 2. The Kier molecular flexibility index (Phi) is 4.32. The molecule has 3 nitrogen and oxygen atoms in total. The molecule has 0 aliphatic carbocycles. The monoisotopic (exact) mass is 313 g/mol. The first-order chi connectivity index (χ1) is 9.89. The first-order valence-electron chi connectivity index (χ1n) is 5.78. The zero-order valence-electron chi connectivity index (χ0n) is 10.6. The third-order valence-corrected chi connectivity index (χ3v) is 3.53. The molecule has 2 aromatic rings. The second-order valence-corrected chi connectivity index (χ2v) is 5.65. The first-order valence-corrected chi connectivity index (χ1v) is 7.33. The molecule has 110 valence electrons. The molecule has 21 heavy (non-hydrogen) atoms. The molecule has 2 rings (SSSR count). The van der Waals surface area contributed by atoms with Gasteiger partial charge >= 0.3 is 0 Å². The van der Waals surface area contributed by atoms with E-state index in [0.717, 1.165) is 11.5 Å². The van der Waals surface area contributed by atoms with Gasteiger partial charge in [0.15, 0.2) is 17.5 Å². The quantitative estimate of drug-likeness (QED) is 0.878. The summed E-state index contributed by atoms with van der Waals surface area (Å²) in [6, 6.07) is 9.98. The summed E-state index contributed by atoms with van der Waals surface area (Å²) in [7, 11) is -4.04. The van der Waals surface area contributed by atoms with Gasteiger partial charge in [-0.2, -0.15) is 0 Å². The minimum atomic E-state index is -4.04. The first kappa shape index (κ1) is 15.1. The Morgan fingerprint density at radius 3 is 2.24 bits per heavy atom. The summed E-state index contributed by atoms with van der Waals surface area (Å²) < 4.78 is 64.5. The van der Waals surface area contributed by atoms with E-state index in [0.29, 0.717) is 11.6 Å². The average molecular weight is 313 g/mol. The van der Waals surface area contributed by atoms with Crippen LogP contribution in [0.3, 0.4) is 0 Å². The van der Waals surface area contributed by atoms with Crippen molar-refractivity contribution >= 4 is 21.8 Å². The van der Waals surface area contributed by atoms with Crippen LogP contribution in [0, 0.1) is 17.5 Å². The van der Waals surface area contributed by atoms with Gasteiger partial charge < -0.3 is 0 Å². The molecule has 0 aliphatic heterocycles. The summed E-state index contributed by atoms with van der Waals surface area (Å²) in [6.45, 7) is 0. The predicted molar refractivity (Wildman–Crippen MR) is 74.3 cm³/mol. The summed E-state index contributed by atoms with van der Waals surface area (Å²) >= 11 is 0. The standard InChI is InChI=1S/C14H10F3NO2S/c15-11-6-7-12(14(17)13(11)16)18-21(19,20)9-8-10-4-2-1-3-5-10/h1-9,18H/b9-8+. The van der Waals surface area contributed by atoms with Crippen LogP contribution in [0.1, 0.15) is 5.56 Å². The molecular formula is C14H10F3NO2S. The highest BCUT2D eigenvalue weighted by Gasteiger charge is 2.16. The molecule has 0 bridgehead atoms. The molecule has 0 spiro atoms. The number of hydrogen-bond donors (Lipinski definition) is 1. The topological polar surface area (TPSA) is 46.2 Å². The van der Waals surface area contributed by atoms with E-state index in [1.807, 2.05) is 4.72 Å². The van der Waals surface area contributed by atoms with Gasteiger partial charge in [-0.05, 0) is 23.8 Å². The van der Waals surface area contributed by atoms with E-state index >= 15 is 0 Å². The van der Waals surface area contributed by atoms with Crippen molar-refractivity contribution < 1.29 is 21.6 Å². The van der Waals surface area contributed by atoms with Crippen LogP contribution in [0.25, 0.3) is 6.08 Å². The maximum atomic E-state index is 13.4. The highest BCUT2D eigenvalue weighted by atomic mass is 32.2. The van der Waals surface area contributed by atoms with Gasteiger partial charge in [-0.1, -0.05) is 30.3 Å². The number of sulfonamides is 1. The van der Waals surface area contributed by atoms with Gasteiger partial charge in [0.2, 0.25) is 0 Å². The largest absolute Gasteiger partial charge is 0.277 e. The van der Waals surface area contributed by atoms with E-state index < -0.39 is 33.2 Å². The van der Waals surface area contributed by atoms with Crippen LogP contribution in [0.2, 0.25) is 0 Å². The summed E-state index contributed by atoms with van der Waals surface area (Å²) in [5.41, 5.74) is -0.0414. The smallest absolute Gasteiger partial charge is 0.255 e. The van der Waals surface area contributed by atoms with Gasteiger partial charge in [0.05, 0.1) is 11.1 Å². The fraction of sp³-hybridized carbons (Fsp3) is 0. The molecule has 0 heterocycles. The van der Waals surface area contributed by atoms with Crippen molar-refractivity contribution in [3.05, 3.63) is 70.9 Å². The number of nitrogens with one attached hydrogen (secondary N) is 1. The summed E-state index contributed by atoms with van der Waals surface area (Å²) in [5.74, 6) is -4.72. The van der Waals surface area contributed by atoms with E-state index in [1.54, 1.807) is 30.3 Å². The summed E-state index contributed by atoms with van der Waals surface area (Å²) in [4.78, 5) is 0. The maximum Gasteiger partial charge on any atom is 0.255 e. The molecule has 0 aromatic heterocycles. The van der Waals surface area contributed by atoms with E-state index in [9.17, 15) is 21.6 Å². The lowest BCUT2D eigenvalue weighted by Crippen LogP contribution is -2.11. The van der Waals surface area contributed by atoms with E-state index in [1.165, 1.54) is 6.08 Å². The molecule has 0 saturated heterocycles. The third kappa shape index (κ3) is 3.85. The lowest BCUT2D eigenvalue weighted by atomic mass is 10.2. The van der Waals surface area contributed by atoms with E-state index in [4.69, 9.17) is 0 Å². The average Bonchev–Trinajstić information content (AvgIpc) is 2.47. The van der Waals surface area contributed by atoms with Crippen molar-refractivity contribution in [3.63, 3.8) is 0 Å². The molecule has 0 fully saturated rings. The molecule has 1 N–H and O–H groups in total. The highest BCUT2D eigenvalue weighted by molar-refractivity contribution is 7.95. The lowest BCUT2D eigenvalue weighted by molar-refractivity contribution is 0.449. The molecule has 0 amide bonds. The maximum absolute atomic E-state index is 13.4. The van der Waals surface area contributed by atoms with Crippen LogP contribution < -0.4 is 4.72 Å². The predicted octanol–water partition coefficient (Wildman–Crippen LogP) is 3.52. The Morgan fingerprint density at radius 2 is 1.57 bits per heavy atom. The highest BCUT2D eigenvalue weighted by Crippen LogP contribution is 2.21. The number of rotatable bonds is 4. The third-order valence-electron chi connectivity index (χ3n) is 2.53. The Hall–Kier alpha value is -2.28. The van der Waals surface area contributed by atoms with Crippen molar-refractivity contribution in [2.75, 3.05) is 4.72 Å². The molecule has 0 aliphatic rings. The Labute approximate surface area is 119 Å². The molecular weight excluding hydrogens is 303 g/mol. The van der Waals surface area contributed by atoms with Crippen molar-refractivity contribution in [1.29, 1.82) is 0 Å². The van der Waals surface area contributed by atoms with Gasteiger partial charge in [-0.15, -0.1) is 0 Å². The zero-order valence-corrected chi connectivity index (χ0v) is 11.4. The van der Waals surface area contributed by atoms with Crippen molar-refractivity contribution in [2.45, 2.75) is 0 Å². The lowest BCUT2D eigenvalue weighted by Gasteiger charge is -2.06. The molecule has 0 unspecified atom stereocenters. The molecule has 7 heteroatoms. The minimum Gasteiger partial charge on any atom is -0.277 e. The van der Waals surface area contributed by atoms with Crippen LogP contribution in [0.5, 0.6) is 0 Å². The number of halogens is 3. The van der Waals surface area contributed by atoms with Gasteiger partial charge in [0, 0.05) is 0 Å². The molecule has 0 radical (unpaired) electrons. The Balaban J connectivity index is 2.23.